The van der Waals surface area contributed by atoms with Crippen LogP contribution in [0.3, 0.4) is 0 Å². The third-order valence-corrected chi connectivity index (χ3v) is 4.58. The van der Waals surface area contributed by atoms with Crippen LogP contribution in [-0.2, 0) is 4.79 Å². The van der Waals surface area contributed by atoms with Crippen LogP contribution in [0.2, 0.25) is 0 Å². The van der Waals surface area contributed by atoms with Crippen molar-refractivity contribution in [2.24, 2.45) is 0 Å². The minimum atomic E-state index is -0.396. The third kappa shape index (κ3) is 2.13. The van der Waals surface area contributed by atoms with Gasteiger partial charge in [0.1, 0.15) is 22.4 Å². The molecule has 0 spiro atoms. The maximum Gasteiger partial charge on any atom is 0.240 e. The molecule has 6 nitrogen and oxygen atoms in total. The molecule has 1 fully saturated rings. The highest BCUT2D eigenvalue weighted by Gasteiger charge is 2.37. The van der Waals surface area contributed by atoms with E-state index in [1.807, 2.05) is 0 Å². The van der Waals surface area contributed by atoms with Gasteiger partial charge in [-0.15, -0.1) is 22.0 Å². The average molecular weight is 295 g/mol. The van der Waals surface area contributed by atoms with Gasteiger partial charge in [0.25, 0.3) is 0 Å². The zero-order valence-corrected chi connectivity index (χ0v) is 11.2. The summed E-state index contributed by atoms with van der Waals surface area (Å²) in [6.07, 6.45) is 0. The van der Waals surface area contributed by atoms with E-state index in [1.54, 1.807) is 5.51 Å². The molecule has 2 N–H and O–H groups in total. The van der Waals surface area contributed by atoms with E-state index < -0.39 is 5.37 Å². The van der Waals surface area contributed by atoms with E-state index in [0.717, 1.165) is 0 Å². The Morgan fingerprint density at radius 1 is 1.37 bits per heavy atom. The molecule has 2 heterocycles. The summed E-state index contributed by atoms with van der Waals surface area (Å²) in [5.41, 5.74) is 2.04. The molecule has 8 heteroatoms. The second kappa shape index (κ2) is 4.71. The van der Waals surface area contributed by atoms with E-state index in [9.17, 15) is 15.0 Å². The Labute approximate surface area is 116 Å². The van der Waals surface area contributed by atoms with Crippen molar-refractivity contribution in [1.82, 2.24) is 10.2 Å². The number of amides is 1. The van der Waals surface area contributed by atoms with Crippen molar-refractivity contribution in [2.45, 2.75) is 5.37 Å². The molecular weight excluding hydrogens is 286 g/mol. The van der Waals surface area contributed by atoms with Gasteiger partial charge in [0, 0.05) is 5.56 Å². The number of hydrogen-bond donors (Lipinski definition) is 2. The second-order valence-corrected chi connectivity index (χ2v) is 5.77. The summed E-state index contributed by atoms with van der Waals surface area (Å²) in [5.74, 6) is 0.304. The average Bonchev–Trinajstić information content (AvgIpc) is 3.01. The monoisotopic (exact) mass is 295 g/mol. The van der Waals surface area contributed by atoms with Crippen LogP contribution in [0.1, 0.15) is 10.9 Å². The van der Waals surface area contributed by atoms with Gasteiger partial charge in [0.05, 0.1) is 5.75 Å². The van der Waals surface area contributed by atoms with Crippen molar-refractivity contribution in [2.75, 3.05) is 10.7 Å². The molecule has 2 aromatic rings. The molecule has 1 amide bonds. The van der Waals surface area contributed by atoms with Gasteiger partial charge in [-0.25, -0.2) is 0 Å². The molecule has 1 saturated heterocycles. The molecule has 0 bridgehead atoms. The fourth-order valence-corrected chi connectivity index (χ4v) is 3.72. The summed E-state index contributed by atoms with van der Waals surface area (Å²) in [5, 5.41) is 27.1. The minimum absolute atomic E-state index is 0.0412. The molecular formula is C11H9N3O3S2. The third-order valence-electron chi connectivity index (χ3n) is 2.70. The lowest BCUT2D eigenvalue weighted by Crippen LogP contribution is -2.27. The summed E-state index contributed by atoms with van der Waals surface area (Å²) in [6.45, 7) is 0. The van der Waals surface area contributed by atoms with Gasteiger partial charge < -0.3 is 10.2 Å². The Morgan fingerprint density at radius 3 is 2.95 bits per heavy atom. The zero-order chi connectivity index (χ0) is 13.4. The van der Waals surface area contributed by atoms with Crippen molar-refractivity contribution < 1.29 is 15.0 Å². The van der Waals surface area contributed by atoms with Gasteiger partial charge in [-0.1, -0.05) is 11.3 Å². The molecule has 1 atom stereocenters. The lowest BCUT2D eigenvalue weighted by Gasteiger charge is -2.21. The van der Waals surface area contributed by atoms with Crippen LogP contribution >= 0.6 is 23.1 Å². The molecule has 3 rings (SSSR count). The number of thioether (sulfide) groups is 1. The summed E-state index contributed by atoms with van der Waals surface area (Å²) in [4.78, 5) is 13.4. The zero-order valence-electron chi connectivity index (χ0n) is 9.55. The van der Waals surface area contributed by atoms with E-state index in [2.05, 4.69) is 10.2 Å². The number of nitrogens with zero attached hydrogens (tertiary/aromatic N) is 3. The van der Waals surface area contributed by atoms with Crippen LogP contribution in [-0.4, -0.2) is 32.1 Å². The summed E-state index contributed by atoms with van der Waals surface area (Å²) in [6, 6.07) is 4.27. The first-order chi connectivity index (χ1) is 9.16. The topological polar surface area (TPSA) is 86.5 Å². The number of carbonyl (C=O) groups excluding carboxylic acids is 1. The van der Waals surface area contributed by atoms with Crippen molar-refractivity contribution in [1.29, 1.82) is 0 Å². The minimum Gasteiger partial charge on any atom is -0.508 e. The lowest BCUT2D eigenvalue weighted by molar-refractivity contribution is -0.115. The highest BCUT2D eigenvalue weighted by molar-refractivity contribution is 8.00. The van der Waals surface area contributed by atoms with Crippen molar-refractivity contribution in [3.63, 3.8) is 0 Å². The highest BCUT2D eigenvalue weighted by atomic mass is 32.2. The van der Waals surface area contributed by atoms with Gasteiger partial charge in [0.2, 0.25) is 11.0 Å². The Bertz CT molecular complexity index is 618. The van der Waals surface area contributed by atoms with Crippen LogP contribution in [0.5, 0.6) is 11.5 Å². The van der Waals surface area contributed by atoms with Gasteiger partial charge in [-0.2, -0.15) is 0 Å². The fraction of sp³-hybridized carbons (Fsp3) is 0.182. The lowest BCUT2D eigenvalue weighted by atomic mass is 10.1. The second-order valence-electron chi connectivity index (χ2n) is 3.89. The van der Waals surface area contributed by atoms with E-state index in [-0.39, 0.29) is 17.4 Å². The normalized spacial score (nSPS) is 19.1. The number of rotatable bonds is 2. The van der Waals surface area contributed by atoms with E-state index >= 15 is 0 Å². The number of aromatic nitrogens is 2. The van der Waals surface area contributed by atoms with Gasteiger partial charge >= 0.3 is 0 Å². The molecule has 0 radical (unpaired) electrons. The Kier molecular flexibility index (Phi) is 3.03. The van der Waals surface area contributed by atoms with Crippen molar-refractivity contribution in [3.8, 4) is 11.5 Å². The van der Waals surface area contributed by atoms with Crippen LogP contribution in [0, 0.1) is 0 Å². The van der Waals surface area contributed by atoms with Gasteiger partial charge in [-0.05, 0) is 18.2 Å². The number of carbonyl (C=O) groups is 1. The molecule has 1 aliphatic heterocycles. The number of anilines is 1. The Hall–Kier alpha value is -1.80. The van der Waals surface area contributed by atoms with Crippen LogP contribution in [0.15, 0.2) is 23.7 Å². The number of phenols is 2. The predicted octanol–water partition coefficient (Wildman–Crippen LogP) is 1.73. The molecule has 0 aliphatic carbocycles. The van der Waals surface area contributed by atoms with Gasteiger partial charge in [-0.3, -0.25) is 9.69 Å². The quantitative estimate of drug-likeness (QED) is 0.821. The number of aromatic hydroxyl groups is 2. The Balaban J connectivity index is 2.04. The van der Waals surface area contributed by atoms with Crippen molar-refractivity contribution in [3.05, 3.63) is 29.3 Å². The molecule has 1 unspecified atom stereocenters. The predicted molar refractivity (Wildman–Crippen MR) is 72.4 cm³/mol. The molecule has 19 heavy (non-hydrogen) atoms. The Morgan fingerprint density at radius 2 is 2.21 bits per heavy atom. The summed E-state index contributed by atoms with van der Waals surface area (Å²) < 4.78 is 0. The number of phenolic OH excluding ortho intramolecular Hbond substituents is 2. The SMILES string of the molecule is O=C1CSC(c2cc(O)ccc2O)N1c1nncs1. The van der Waals surface area contributed by atoms with E-state index in [4.69, 9.17) is 0 Å². The smallest absolute Gasteiger partial charge is 0.240 e. The van der Waals surface area contributed by atoms with E-state index in [0.29, 0.717) is 16.4 Å². The number of hydrogen-bond acceptors (Lipinski definition) is 7. The fourth-order valence-electron chi connectivity index (χ4n) is 1.87. The number of benzene rings is 1. The maximum absolute atomic E-state index is 12.0. The maximum atomic E-state index is 12.0. The first-order valence-electron chi connectivity index (χ1n) is 5.38. The molecule has 0 saturated carbocycles. The molecule has 1 aromatic carbocycles. The standard InChI is InChI=1S/C11H9N3O3S2/c15-6-1-2-8(16)7(3-6)10-14(9(17)4-18-10)11-13-12-5-19-11/h1-3,5,10,15-16H,4H2. The summed E-state index contributed by atoms with van der Waals surface area (Å²) in [7, 11) is 0. The first-order valence-corrected chi connectivity index (χ1v) is 7.31. The molecule has 1 aliphatic rings. The van der Waals surface area contributed by atoms with Gasteiger partial charge in [0.15, 0.2) is 0 Å². The first kappa shape index (κ1) is 12.2. The van der Waals surface area contributed by atoms with E-state index in [1.165, 1.54) is 46.2 Å². The van der Waals surface area contributed by atoms with Crippen LogP contribution < -0.4 is 4.90 Å². The highest BCUT2D eigenvalue weighted by Crippen LogP contribution is 2.45. The largest absolute Gasteiger partial charge is 0.508 e. The summed E-state index contributed by atoms with van der Waals surface area (Å²) >= 11 is 2.63. The molecule has 98 valence electrons. The van der Waals surface area contributed by atoms with Crippen molar-refractivity contribution >= 4 is 34.1 Å². The van der Waals surface area contributed by atoms with Crippen LogP contribution in [0.25, 0.3) is 0 Å². The molecule has 1 aromatic heterocycles. The van der Waals surface area contributed by atoms with Crippen LogP contribution in [0.4, 0.5) is 5.13 Å².